The van der Waals surface area contributed by atoms with E-state index >= 15 is 0 Å². The smallest absolute Gasteiger partial charge is 0.171 e. The van der Waals surface area contributed by atoms with Crippen LogP contribution in [0.3, 0.4) is 0 Å². The Hall–Kier alpha value is -0.500. The van der Waals surface area contributed by atoms with Crippen LogP contribution in [0.4, 0.5) is 0 Å². The molecule has 208 valence electrons. The molecule has 0 aromatic carbocycles. The maximum absolute atomic E-state index is 12.0. The molecule has 3 saturated carbocycles. The Morgan fingerprint density at radius 2 is 1.86 bits per heavy atom. The zero-order valence-electron chi connectivity index (χ0n) is 23.3. The summed E-state index contributed by atoms with van der Waals surface area (Å²) in [4.78, 5) is 0. The Morgan fingerprint density at radius 1 is 1.03 bits per heavy atom. The van der Waals surface area contributed by atoms with Gasteiger partial charge in [-0.3, -0.25) is 0 Å². The highest BCUT2D eigenvalue weighted by Gasteiger charge is 2.79. The molecule has 3 aliphatic heterocycles. The predicted molar refractivity (Wildman–Crippen MR) is 139 cm³/mol. The first-order valence-corrected chi connectivity index (χ1v) is 15.2. The minimum Gasteiger partial charge on any atom is -0.389 e. The van der Waals surface area contributed by atoms with Crippen LogP contribution in [-0.4, -0.2) is 66.8 Å². The Kier molecular flexibility index (Phi) is 5.85. The van der Waals surface area contributed by atoms with Gasteiger partial charge in [0, 0.05) is 36.9 Å². The third-order valence-corrected chi connectivity index (χ3v) is 11.8. The van der Waals surface area contributed by atoms with Crippen LogP contribution in [0.25, 0.3) is 0 Å². The van der Waals surface area contributed by atoms with Crippen LogP contribution < -0.4 is 0 Å². The number of fused-ring (bicyclic) bond motifs is 3. The van der Waals surface area contributed by atoms with E-state index < -0.39 is 11.4 Å². The van der Waals surface area contributed by atoms with Crippen molar-refractivity contribution in [2.45, 2.75) is 127 Å². The lowest BCUT2D eigenvalue weighted by Crippen LogP contribution is -2.57. The summed E-state index contributed by atoms with van der Waals surface area (Å²) in [7, 11) is 0. The fourth-order valence-corrected chi connectivity index (χ4v) is 9.54. The molecular formula is C31H48O6. The van der Waals surface area contributed by atoms with Gasteiger partial charge in [0.15, 0.2) is 5.79 Å². The molecule has 4 aliphatic carbocycles. The second-order valence-electron chi connectivity index (χ2n) is 14.7. The Balaban J connectivity index is 1.03. The Labute approximate surface area is 222 Å². The Bertz CT molecular complexity index is 930. The second-order valence-corrected chi connectivity index (χ2v) is 14.7. The third-order valence-electron chi connectivity index (χ3n) is 11.8. The molecule has 3 saturated heterocycles. The highest BCUT2D eigenvalue weighted by molar-refractivity contribution is 5.43. The molecule has 1 unspecified atom stereocenters. The summed E-state index contributed by atoms with van der Waals surface area (Å²) in [5, 5.41) is 12.0. The molecule has 7 aliphatic rings. The first-order valence-electron chi connectivity index (χ1n) is 15.2. The molecule has 7 rings (SSSR count). The van der Waals surface area contributed by atoms with E-state index in [-0.39, 0.29) is 28.1 Å². The molecule has 6 nitrogen and oxygen atoms in total. The van der Waals surface area contributed by atoms with Crippen molar-refractivity contribution in [2.24, 2.45) is 22.7 Å². The standard InChI is InChI=1S/C31H48O6/c1-26(2)20-35-30(36-21-26)14-15-31-25-8-11-27(3)24(23(25)7-13-29(31,19-30)37-31)9-12-28(27,32)10-5-17-34-22-6-4-16-33-18-22/h8,22-24,32H,4-7,9-21H2,1-3H3/t22?,23-,24-,27-,28-,29+,31+/m0/s1. The second kappa shape index (κ2) is 8.50. The van der Waals surface area contributed by atoms with Gasteiger partial charge in [-0.1, -0.05) is 26.8 Å². The molecule has 3 heterocycles. The number of ether oxygens (including phenoxy) is 5. The van der Waals surface area contributed by atoms with E-state index in [4.69, 9.17) is 23.7 Å². The molecule has 0 radical (unpaired) electrons. The first-order chi connectivity index (χ1) is 17.6. The molecule has 0 aromatic rings. The van der Waals surface area contributed by atoms with Crippen LogP contribution in [-0.2, 0) is 23.7 Å². The fourth-order valence-electron chi connectivity index (χ4n) is 9.54. The van der Waals surface area contributed by atoms with E-state index in [1.165, 1.54) is 0 Å². The van der Waals surface area contributed by atoms with Crippen molar-refractivity contribution in [3.05, 3.63) is 11.6 Å². The summed E-state index contributed by atoms with van der Waals surface area (Å²) in [6, 6.07) is 0. The SMILES string of the molecule is CC1(C)COC2(CC[C@]34O[C@]3(CC[C@@H]3C4=CC[C@@]4(C)[C@H]3CC[C@@]4(O)CCCOC3CCCOC3)C2)OC1. The van der Waals surface area contributed by atoms with Crippen molar-refractivity contribution < 1.29 is 28.8 Å². The van der Waals surface area contributed by atoms with E-state index in [0.29, 0.717) is 11.8 Å². The zero-order valence-corrected chi connectivity index (χ0v) is 23.3. The normalized spacial score (nSPS) is 49.4. The number of epoxide rings is 1. The molecule has 6 fully saturated rings. The molecule has 1 N–H and O–H groups in total. The summed E-state index contributed by atoms with van der Waals surface area (Å²) in [6.45, 7) is 10.7. The van der Waals surface area contributed by atoms with Gasteiger partial charge >= 0.3 is 0 Å². The number of rotatable bonds is 5. The average molecular weight is 517 g/mol. The van der Waals surface area contributed by atoms with Gasteiger partial charge in [0.1, 0.15) is 11.2 Å². The zero-order chi connectivity index (χ0) is 25.6. The summed E-state index contributed by atoms with van der Waals surface area (Å²) < 4.78 is 31.3. The minimum atomic E-state index is -0.601. The third kappa shape index (κ3) is 3.79. The van der Waals surface area contributed by atoms with E-state index in [0.717, 1.165) is 110 Å². The van der Waals surface area contributed by atoms with Crippen LogP contribution in [0.5, 0.6) is 0 Å². The maximum atomic E-state index is 12.0. The molecule has 0 bridgehead atoms. The molecule has 6 heteroatoms. The highest BCUT2D eigenvalue weighted by Crippen LogP contribution is 2.74. The van der Waals surface area contributed by atoms with Gasteiger partial charge in [-0.2, -0.15) is 0 Å². The summed E-state index contributed by atoms with van der Waals surface area (Å²) in [5.74, 6) is 0.631. The predicted octanol–water partition coefficient (Wildman–Crippen LogP) is 5.31. The lowest BCUT2D eigenvalue weighted by Gasteiger charge is -2.53. The van der Waals surface area contributed by atoms with Crippen molar-refractivity contribution in [1.82, 2.24) is 0 Å². The molecule has 0 amide bonds. The lowest BCUT2D eigenvalue weighted by molar-refractivity contribution is -0.313. The number of hydrogen-bond acceptors (Lipinski definition) is 6. The lowest BCUT2D eigenvalue weighted by atomic mass is 9.52. The van der Waals surface area contributed by atoms with Gasteiger partial charge in [-0.15, -0.1) is 0 Å². The number of hydrogen-bond donors (Lipinski definition) is 1. The molecule has 7 atom stereocenters. The van der Waals surface area contributed by atoms with Gasteiger partial charge in [0.05, 0.1) is 31.5 Å². The van der Waals surface area contributed by atoms with Crippen molar-refractivity contribution in [2.75, 3.05) is 33.0 Å². The molecule has 1 spiro atoms. The largest absolute Gasteiger partial charge is 0.389 e. The fraction of sp³-hybridized carbons (Fsp3) is 0.935. The molecular weight excluding hydrogens is 468 g/mol. The van der Waals surface area contributed by atoms with E-state index in [1.807, 2.05) is 0 Å². The molecule has 0 aromatic heterocycles. The van der Waals surface area contributed by atoms with Crippen LogP contribution >= 0.6 is 0 Å². The maximum Gasteiger partial charge on any atom is 0.171 e. The van der Waals surface area contributed by atoms with Crippen molar-refractivity contribution >= 4 is 0 Å². The summed E-state index contributed by atoms with van der Waals surface area (Å²) in [5.41, 5.74) is 0.799. The summed E-state index contributed by atoms with van der Waals surface area (Å²) >= 11 is 0. The number of aliphatic hydroxyl groups is 1. The van der Waals surface area contributed by atoms with Crippen molar-refractivity contribution in [1.29, 1.82) is 0 Å². The summed E-state index contributed by atoms with van der Waals surface area (Å²) in [6.07, 6.45) is 14.8. The highest BCUT2D eigenvalue weighted by atomic mass is 16.7. The number of allylic oxidation sites excluding steroid dienone is 1. The van der Waals surface area contributed by atoms with Gasteiger partial charge < -0.3 is 28.8 Å². The van der Waals surface area contributed by atoms with Gasteiger partial charge in [0.2, 0.25) is 0 Å². The van der Waals surface area contributed by atoms with Crippen LogP contribution in [0.1, 0.15) is 97.8 Å². The topological polar surface area (TPSA) is 69.7 Å². The van der Waals surface area contributed by atoms with Crippen molar-refractivity contribution in [3.8, 4) is 0 Å². The first kappa shape index (κ1) is 25.5. The molecule has 37 heavy (non-hydrogen) atoms. The van der Waals surface area contributed by atoms with Crippen molar-refractivity contribution in [3.63, 3.8) is 0 Å². The van der Waals surface area contributed by atoms with Gasteiger partial charge in [-0.25, -0.2) is 0 Å². The van der Waals surface area contributed by atoms with E-state index in [1.54, 1.807) is 5.57 Å². The Morgan fingerprint density at radius 3 is 2.65 bits per heavy atom. The monoisotopic (exact) mass is 516 g/mol. The van der Waals surface area contributed by atoms with Gasteiger partial charge in [0.25, 0.3) is 0 Å². The van der Waals surface area contributed by atoms with E-state index in [9.17, 15) is 5.11 Å². The van der Waals surface area contributed by atoms with E-state index in [2.05, 4.69) is 26.8 Å². The quantitative estimate of drug-likeness (QED) is 0.303. The average Bonchev–Trinajstić information content (AvgIpc) is 3.50. The van der Waals surface area contributed by atoms with Crippen LogP contribution in [0, 0.1) is 22.7 Å². The van der Waals surface area contributed by atoms with Gasteiger partial charge in [-0.05, 0) is 81.6 Å². The van der Waals surface area contributed by atoms with Crippen LogP contribution in [0.15, 0.2) is 11.6 Å². The van der Waals surface area contributed by atoms with Crippen LogP contribution in [0.2, 0.25) is 0 Å². The minimum absolute atomic E-state index is 0.0578.